The van der Waals surface area contributed by atoms with Gasteiger partial charge in [-0.25, -0.2) is 4.57 Å². The molecule has 0 aliphatic heterocycles. The maximum absolute atomic E-state index is 12.7. The second-order valence-corrected chi connectivity index (χ2v) is 19.8. The first-order valence-corrected chi connectivity index (χ1v) is 30.2. The molecule has 0 saturated carbocycles. The minimum atomic E-state index is -4.40. The van der Waals surface area contributed by atoms with Gasteiger partial charge in [-0.05, 0) is 109 Å². The van der Waals surface area contributed by atoms with Crippen LogP contribution in [0.4, 0.5) is 0 Å². The van der Waals surface area contributed by atoms with Crippen molar-refractivity contribution in [2.24, 2.45) is 5.73 Å². The van der Waals surface area contributed by atoms with E-state index in [1.807, 2.05) is 0 Å². The molecule has 0 radical (unpaired) electrons. The highest BCUT2D eigenvalue weighted by Crippen LogP contribution is 2.43. The van der Waals surface area contributed by atoms with Crippen LogP contribution < -0.4 is 5.73 Å². The molecule has 414 valence electrons. The van der Waals surface area contributed by atoms with Gasteiger partial charge in [-0.1, -0.05) is 231 Å². The van der Waals surface area contributed by atoms with E-state index in [0.29, 0.717) is 12.8 Å². The summed E-state index contributed by atoms with van der Waals surface area (Å²) < 4.78 is 33.0. The van der Waals surface area contributed by atoms with Crippen LogP contribution in [0.15, 0.2) is 134 Å². The third-order valence-electron chi connectivity index (χ3n) is 11.5. The number of phosphoric acid groups is 1. The maximum atomic E-state index is 12.7. The number of hydrogen-bond donors (Lipinski definition) is 2. The van der Waals surface area contributed by atoms with Gasteiger partial charge in [0.05, 0.1) is 13.2 Å². The molecular formula is C63H104NO8P. The van der Waals surface area contributed by atoms with Gasteiger partial charge < -0.3 is 20.1 Å². The lowest BCUT2D eigenvalue weighted by molar-refractivity contribution is -0.161. The van der Waals surface area contributed by atoms with Gasteiger partial charge in [0, 0.05) is 19.4 Å². The van der Waals surface area contributed by atoms with E-state index < -0.39 is 32.5 Å². The Bertz CT molecular complexity index is 1650. The number of carbonyl (C=O) groups is 2. The summed E-state index contributed by atoms with van der Waals surface area (Å²) in [6.07, 6.45) is 80.8. The predicted octanol–water partition coefficient (Wildman–Crippen LogP) is 18.2. The molecule has 73 heavy (non-hydrogen) atoms. The van der Waals surface area contributed by atoms with Crippen LogP contribution in [0, 0.1) is 0 Å². The van der Waals surface area contributed by atoms with E-state index in [-0.39, 0.29) is 32.6 Å². The molecule has 10 heteroatoms. The fourth-order valence-corrected chi connectivity index (χ4v) is 8.14. The smallest absolute Gasteiger partial charge is 0.462 e. The van der Waals surface area contributed by atoms with Crippen molar-refractivity contribution in [3.8, 4) is 0 Å². The third-order valence-corrected chi connectivity index (χ3v) is 12.5. The second kappa shape index (κ2) is 57.4. The van der Waals surface area contributed by atoms with Crippen molar-refractivity contribution in [1.82, 2.24) is 0 Å². The van der Waals surface area contributed by atoms with Crippen LogP contribution in [0.25, 0.3) is 0 Å². The minimum Gasteiger partial charge on any atom is -0.462 e. The van der Waals surface area contributed by atoms with Crippen molar-refractivity contribution in [2.45, 2.75) is 225 Å². The molecule has 0 spiro atoms. The van der Waals surface area contributed by atoms with Crippen LogP contribution in [0.3, 0.4) is 0 Å². The molecule has 0 rings (SSSR count). The van der Waals surface area contributed by atoms with Gasteiger partial charge in [-0.2, -0.15) is 0 Å². The van der Waals surface area contributed by atoms with Crippen molar-refractivity contribution in [1.29, 1.82) is 0 Å². The molecule has 0 aliphatic rings. The lowest BCUT2D eigenvalue weighted by Gasteiger charge is -2.19. The fourth-order valence-electron chi connectivity index (χ4n) is 7.37. The summed E-state index contributed by atoms with van der Waals surface area (Å²) >= 11 is 0. The van der Waals surface area contributed by atoms with Crippen molar-refractivity contribution < 1.29 is 37.6 Å². The van der Waals surface area contributed by atoms with Crippen molar-refractivity contribution in [2.75, 3.05) is 26.4 Å². The number of nitrogens with two attached hydrogens (primary N) is 1. The second-order valence-electron chi connectivity index (χ2n) is 18.4. The molecule has 0 aromatic rings. The average molecular weight is 1030 g/mol. The van der Waals surface area contributed by atoms with E-state index in [9.17, 15) is 19.0 Å². The number of rotatable bonds is 52. The average Bonchev–Trinajstić information content (AvgIpc) is 3.38. The van der Waals surface area contributed by atoms with E-state index in [4.69, 9.17) is 24.3 Å². The number of ether oxygens (including phenoxy) is 2. The number of allylic oxidation sites excluding steroid dienone is 22. The van der Waals surface area contributed by atoms with Gasteiger partial charge in [-0.15, -0.1) is 0 Å². The van der Waals surface area contributed by atoms with Crippen molar-refractivity contribution >= 4 is 19.8 Å². The van der Waals surface area contributed by atoms with Crippen LogP contribution in [0.2, 0.25) is 0 Å². The van der Waals surface area contributed by atoms with E-state index in [2.05, 4.69) is 148 Å². The normalized spacial score (nSPS) is 14.1. The zero-order valence-electron chi connectivity index (χ0n) is 46.1. The third kappa shape index (κ3) is 57.3. The number of hydrogen-bond acceptors (Lipinski definition) is 8. The Balaban J connectivity index is 4.01. The van der Waals surface area contributed by atoms with Gasteiger partial charge >= 0.3 is 19.8 Å². The van der Waals surface area contributed by atoms with Gasteiger partial charge in [0.1, 0.15) is 6.61 Å². The summed E-state index contributed by atoms with van der Waals surface area (Å²) in [5.41, 5.74) is 5.38. The van der Waals surface area contributed by atoms with Crippen molar-refractivity contribution in [3.63, 3.8) is 0 Å². The van der Waals surface area contributed by atoms with Gasteiger partial charge in [0.2, 0.25) is 0 Å². The predicted molar refractivity (Wildman–Crippen MR) is 311 cm³/mol. The lowest BCUT2D eigenvalue weighted by atomic mass is 10.0. The van der Waals surface area contributed by atoms with E-state index in [0.717, 1.165) is 109 Å². The van der Waals surface area contributed by atoms with E-state index in [1.165, 1.54) is 70.6 Å². The standard InChI is InChI=1S/C63H104NO8P/c1-3-5-7-9-11-13-15-17-19-21-23-24-25-26-27-28-29-30-31-32-33-34-35-36-38-40-42-44-46-48-50-52-54-56-63(66)72-61(60-71-73(67,68)70-58-57-64)59-69-62(65)55-53-51-49-47-45-43-41-39-37-22-20-18-16-14-12-10-8-6-4-2/h5-8,11-14,17-20,23-24,26-27,29-30,37,39,43,45,61H,3-4,9-10,15-16,21-22,25,28,31-36,38,40-42,44,46-60,64H2,1-2H3,(H,67,68)/b7-5-,8-6-,13-11-,14-12-,19-17-,20-18-,24-23-,27-26-,30-29-,39-37-,45-43-. The Hall–Kier alpha value is -3.85. The molecule has 0 saturated heterocycles. The Morgan fingerprint density at radius 1 is 0.411 bits per heavy atom. The summed E-state index contributed by atoms with van der Waals surface area (Å²) in [7, 11) is -4.40. The summed E-state index contributed by atoms with van der Waals surface area (Å²) in [6.45, 7) is 3.46. The zero-order chi connectivity index (χ0) is 53.1. The molecule has 0 aromatic carbocycles. The number of unbranched alkanes of at least 4 members (excludes halogenated alkanes) is 17. The molecular weight excluding hydrogens is 930 g/mol. The highest BCUT2D eigenvalue weighted by molar-refractivity contribution is 7.47. The summed E-state index contributed by atoms with van der Waals surface area (Å²) in [5, 5.41) is 0. The van der Waals surface area contributed by atoms with Gasteiger partial charge in [0.15, 0.2) is 6.10 Å². The molecule has 0 fully saturated rings. The van der Waals surface area contributed by atoms with E-state index in [1.54, 1.807) is 0 Å². The van der Waals surface area contributed by atoms with Crippen LogP contribution in [-0.2, 0) is 32.7 Å². The monoisotopic (exact) mass is 1030 g/mol. The van der Waals surface area contributed by atoms with Crippen LogP contribution in [0.5, 0.6) is 0 Å². The first kappa shape index (κ1) is 69.2. The molecule has 3 N–H and O–H groups in total. The SMILES string of the molecule is CC/C=C\C/C=C\C/C=C\C/C=C\C/C=C\C/C=C\CCCCCCCCCCCCCCCCC(=O)OC(COC(=O)CCCCC/C=C\C/C=C\C/C=C\C/C=C\C/C=C\CC)COP(=O)(O)OCCN. The molecule has 0 heterocycles. The molecule has 0 aromatic heterocycles. The van der Waals surface area contributed by atoms with Crippen LogP contribution in [-0.4, -0.2) is 49.3 Å². The van der Waals surface area contributed by atoms with Crippen molar-refractivity contribution in [3.05, 3.63) is 134 Å². The molecule has 2 atom stereocenters. The number of carbonyl (C=O) groups excluding carboxylic acids is 2. The van der Waals surface area contributed by atoms with Crippen LogP contribution in [0.1, 0.15) is 219 Å². The Morgan fingerprint density at radius 3 is 1.07 bits per heavy atom. The Labute approximate surface area is 446 Å². The number of phosphoric ester groups is 1. The maximum Gasteiger partial charge on any atom is 0.472 e. The van der Waals surface area contributed by atoms with Gasteiger partial charge in [-0.3, -0.25) is 18.6 Å². The molecule has 0 aliphatic carbocycles. The minimum absolute atomic E-state index is 0.0420. The highest BCUT2D eigenvalue weighted by Gasteiger charge is 2.26. The summed E-state index contributed by atoms with van der Waals surface area (Å²) in [4.78, 5) is 35.2. The zero-order valence-corrected chi connectivity index (χ0v) is 47.0. The van der Waals surface area contributed by atoms with Crippen LogP contribution >= 0.6 is 7.82 Å². The molecule has 0 amide bonds. The Kier molecular flexibility index (Phi) is 54.4. The molecule has 9 nitrogen and oxygen atoms in total. The topological polar surface area (TPSA) is 134 Å². The first-order chi connectivity index (χ1) is 35.8. The summed E-state index contributed by atoms with van der Waals surface area (Å²) in [6, 6.07) is 0. The number of esters is 2. The largest absolute Gasteiger partial charge is 0.472 e. The fraction of sp³-hybridized carbons (Fsp3) is 0.619. The lowest BCUT2D eigenvalue weighted by Crippen LogP contribution is -2.29. The summed E-state index contributed by atoms with van der Waals surface area (Å²) in [5.74, 6) is -0.873. The van der Waals surface area contributed by atoms with Gasteiger partial charge in [0.25, 0.3) is 0 Å². The first-order valence-electron chi connectivity index (χ1n) is 28.7. The van der Waals surface area contributed by atoms with E-state index >= 15 is 0 Å². The highest BCUT2D eigenvalue weighted by atomic mass is 31.2. The Morgan fingerprint density at radius 2 is 0.712 bits per heavy atom. The quantitative estimate of drug-likeness (QED) is 0.0264. The molecule has 0 bridgehead atoms. The molecule has 2 unspecified atom stereocenters.